The summed E-state index contributed by atoms with van der Waals surface area (Å²) >= 11 is 6.20. The Morgan fingerprint density at radius 2 is 2.22 bits per heavy atom. The van der Waals surface area contributed by atoms with Crippen LogP contribution in [0.2, 0.25) is 5.02 Å². The molecule has 2 amide bonds. The zero-order chi connectivity index (χ0) is 16.6. The molecule has 122 valence electrons. The maximum absolute atomic E-state index is 12.4. The molecule has 1 atom stereocenters. The molecular weight excluding hydrogens is 316 g/mol. The number of hydrogen-bond acceptors (Lipinski definition) is 3. The van der Waals surface area contributed by atoms with Crippen molar-refractivity contribution in [2.45, 2.75) is 31.8 Å². The van der Waals surface area contributed by atoms with Gasteiger partial charge >= 0.3 is 0 Å². The van der Waals surface area contributed by atoms with Crippen LogP contribution in [0.25, 0.3) is 11.0 Å². The van der Waals surface area contributed by atoms with Gasteiger partial charge in [0, 0.05) is 20.5 Å². The van der Waals surface area contributed by atoms with Crippen molar-refractivity contribution in [2.75, 3.05) is 7.05 Å². The maximum atomic E-state index is 12.4. The van der Waals surface area contributed by atoms with Crippen LogP contribution in [0.3, 0.4) is 0 Å². The van der Waals surface area contributed by atoms with E-state index in [0.717, 1.165) is 23.3 Å². The summed E-state index contributed by atoms with van der Waals surface area (Å²) in [6.45, 7) is 0.304. The minimum absolute atomic E-state index is 0.0194. The Kier molecular flexibility index (Phi) is 4.26. The Bertz CT molecular complexity index is 771. The maximum Gasteiger partial charge on any atom is 0.243 e. The molecule has 1 aromatic heterocycles. The number of aromatic nitrogens is 2. The molecule has 2 aromatic rings. The van der Waals surface area contributed by atoms with E-state index < -0.39 is 6.04 Å². The average molecular weight is 335 g/mol. The lowest BCUT2D eigenvalue weighted by Crippen LogP contribution is -2.49. The first-order valence-corrected chi connectivity index (χ1v) is 8.00. The minimum Gasteiger partial charge on any atom is -0.347 e. The molecule has 0 radical (unpaired) electrons. The number of para-hydroxylation sites is 1. The fraction of sp³-hybridized carbons (Fsp3) is 0.438. The summed E-state index contributed by atoms with van der Waals surface area (Å²) in [7, 11) is 3.56. The fourth-order valence-electron chi connectivity index (χ4n) is 3.01. The lowest BCUT2D eigenvalue weighted by Gasteiger charge is -2.31. The number of rotatable bonds is 3. The molecule has 0 aliphatic carbocycles. The molecule has 1 aliphatic rings. The van der Waals surface area contributed by atoms with E-state index in [0.29, 0.717) is 24.4 Å². The Labute approximate surface area is 139 Å². The lowest BCUT2D eigenvalue weighted by atomic mass is 10.0. The number of hydrogen-bond donors (Lipinski definition) is 1. The standard InChI is InChI=1S/C16H19ClN4O2/c1-20-12(7-4-8-14(20)22)16(23)18-9-13-19-11-6-3-5-10(17)15(11)21(13)2/h3,5-6,12H,4,7-9H2,1-2H3,(H,18,23). The smallest absolute Gasteiger partial charge is 0.243 e. The summed E-state index contributed by atoms with van der Waals surface area (Å²) in [5.41, 5.74) is 1.65. The van der Waals surface area contributed by atoms with E-state index in [9.17, 15) is 9.59 Å². The third kappa shape index (κ3) is 2.91. The largest absolute Gasteiger partial charge is 0.347 e. The van der Waals surface area contributed by atoms with E-state index in [1.54, 1.807) is 7.05 Å². The minimum atomic E-state index is -0.394. The molecule has 3 rings (SSSR count). The van der Waals surface area contributed by atoms with Gasteiger partial charge in [-0.3, -0.25) is 9.59 Å². The Hall–Kier alpha value is -2.08. The number of halogens is 1. The predicted octanol–water partition coefficient (Wildman–Crippen LogP) is 1.85. The van der Waals surface area contributed by atoms with Crippen LogP contribution in [0.15, 0.2) is 18.2 Å². The van der Waals surface area contributed by atoms with Crippen molar-refractivity contribution in [3.8, 4) is 0 Å². The molecule has 1 N–H and O–H groups in total. The number of piperidine rings is 1. The highest BCUT2D eigenvalue weighted by molar-refractivity contribution is 6.35. The number of likely N-dealkylation sites (N-methyl/N-ethyl adjacent to an activating group) is 1. The summed E-state index contributed by atoms with van der Waals surface area (Å²) in [5, 5.41) is 3.51. The van der Waals surface area contributed by atoms with E-state index >= 15 is 0 Å². The third-order valence-electron chi connectivity index (χ3n) is 4.39. The van der Waals surface area contributed by atoms with Crippen LogP contribution in [0, 0.1) is 0 Å². The second-order valence-corrected chi connectivity index (χ2v) is 6.23. The molecule has 1 fully saturated rings. The number of aryl methyl sites for hydroxylation is 1. The van der Waals surface area contributed by atoms with Gasteiger partial charge in [0.25, 0.3) is 0 Å². The topological polar surface area (TPSA) is 67.2 Å². The van der Waals surface area contributed by atoms with Crippen molar-refractivity contribution in [3.05, 3.63) is 29.0 Å². The average Bonchev–Trinajstić information content (AvgIpc) is 2.85. The van der Waals surface area contributed by atoms with Gasteiger partial charge in [-0.05, 0) is 25.0 Å². The van der Waals surface area contributed by atoms with E-state index in [-0.39, 0.29) is 11.8 Å². The Morgan fingerprint density at radius 3 is 2.96 bits per heavy atom. The van der Waals surface area contributed by atoms with Crippen LogP contribution in [0.4, 0.5) is 0 Å². The van der Waals surface area contributed by atoms with Gasteiger partial charge in [-0.1, -0.05) is 17.7 Å². The van der Waals surface area contributed by atoms with Crippen LogP contribution in [0.1, 0.15) is 25.1 Å². The first-order chi connectivity index (χ1) is 11.0. The molecule has 1 saturated heterocycles. The summed E-state index contributed by atoms with van der Waals surface area (Å²) in [6.07, 6.45) is 1.97. The van der Waals surface area contributed by atoms with E-state index in [2.05, 4.69) is 10.3 Å². The van der Waals surface area contributed by atoms with Crippen molar-refractivity contribution >= 4 is 34.4 Å². The normalized spacial score (nSPS) is 18.5. The molecular formula is C16H19ClN4O2. The number of carbonyl (C=O) groups is 2. The summed E-state index contributed by atoms with van der Waals surface area (Å²) in [6, 6.07) is 5.16. The Morgan fingerprint density at radius 1 is 1.43 bits per heavy atom. The number of carbonyl (C=O) groups excluding carboxylic acids is 2. The zero-order valence-corrected chi connectivity index (χ0v) is 13.9. The molecule has 0 saturated carbocycles. The van der Waals surface area contributed by atoms with Crippen molar-refractivity contribution in [3.63, 3.8) is 0 Å². The van der Waals surface area contributed by atoms with Gasteiger partial charge in [0.1, 0.15) is 11.9 Å². The van der Waals surface area contributed by atoms with Crippen molar-refractivity contribution in [2.24, 2.45) is 7.05 Å². The van der Waals surface area contributed by atoms with E-state index in [4.69, 9.17) is 11.6 Å². The van der Waals surface area contributed by atoms with Crippen LogP contribution in [-0.2, 0) is 23.2 Å². The number of fused-ring (bicyclic) bond motifs is 1. The second kappa shape index (κ2) is 6.20. The number of imidazole rings is 1. The fourth-order valence-corrected chi connectivity index (χ4v) is 3.31. The number of amides is 2. The van der Waals surface area contributed by atoms with Gasteiger partial charge in [0.2, 0.25) is 11.8 Å². The highest BCUT2D eigenvalue weighted by Crippen LogP contribution is 2.23. The van der Waals surface area contributed by atoms with Crippen LogP contribution >= 0.6 is 11.6 Å². The monoisotopic (exact) mass is 334 g/mol. The molecule has 1 aliphatic heterocycles. The summed E-state index contributed by atoms with van der Waals surface area (Å²) in [4.78, 5) is 30.1. The van der Waals surface area contributed by atoms with Gasteiger partial charge in [0.15, 0.2) is 0 Å². The zero-order valence-electron chi connectivity index (χ0n) is 13.2. The summed E-state index contributed by atoms with van der Waals surface area (Å²) in [5.74, 6) is 0.607. The Balaban J connectivity index is 1.73. The van der Waals surface area contributed by atoms with Crippen LogP contribution in [-0.4, -0.2) is 39.4 Å². The van der Waals surface area contributed by atoms with Gasteiger partial charge in [0.05, 0.1) is 22.6 Å². The van der Waals surface area contributed by atoms with Crippen LogP contribution in [0.5, 0.6) is 0 Å². The molecule has 23 heavy (non-hydrogen) atoms. The summed E-state index contributed by atoms with van der Waals surface area (Å²) < 4.78 is 1.88. The molecule has 1 aromatic carbocycles. The number of likely N-dealkylation sites (tertiary alicyclic amines) is 1. The van der Waals surface area contributed by atoms with Gasteiger partial charge in [-0.15, -0.1) is 0 Å². The molecule has 0 spiro atoms. The molecule has 1 unspecified atom stereocenters. The SMILES string of the molecule is CN1C(=O)CCCC1C(=O)NCc1nc2cccc(Cl)c2n1C. The van der Waals surface area contributed by atoms with Gasteiger partial charge in [-0.25, -0.2) is 4.98 Å². The molecule has 7 heteroatoms. The van der Waals surface area contributed by atoms with Crippen LogP contribution < -0.4 is 5.32 Å². The lowest BCUT2D eigenvalue weighted by molar-refractivity contribution is -0.142. The first kappa shape index (κ1) is 15.8. The van der Waals surface area contributed by atoms with Gasteiger partial charge in [-0.2, -0.15) is 0 Å². The van der Waals surface area contributed by atoms with Crippen molar-refractivity contribution < 1.29 is 9.59 Å². The molecule has 6 nitrogen and oxygen atoms in total. The second-order valence-electron chi connectivity index (χ2n) is 5.83. The molecule has 0 bridgehead atoms. The number of benzene rings is 1. The third-order valence-corrected chi connectivity index (χ3v) is 4.70. The first-order valence-electron chi connectivity index (χ1n) is 7.62. The molecule has 2 heterocycles. The van der Waals surface area contributed by atoms with Crippen molar-refractivity contribution in [1.82, 2.24) is 19.8 Å². The van der Waals surface area contributed by atoms with Crippen molar-refractivity contribution in [1.29, 1.82) is 0 Å². The number of nitrogens with zero attached hydrogens (tertiary/aromatic N) is 3. The van der Waals surface area contributed by atoms with Gasteiger partial charge < -0.3 is 14.8 Å². The highest BCUT2D eigenvalue weighted by atomic mass is 35.5. The number of nitrogens with one attached hydrogen (secondary N) is 1. The predicted molar refractivity (Wildman–Crippen MR) is 88.0 cm³/mol. The highest BCUT2D eigenvalue weighted by Gasteiger charge is 2.30. The van der Waals surface area contributed by atoms with E-state index in [1.807, 2.05) is 29.8 Å². The quantitative estimate of drug-likeness (QED) is 0.931. The van der Waals surface area contributed by atoms with E-state index in [1.165, 1.54) is 4.90 Å².